The van der Waals surface area contributed by atoms with Crippen LogP contribution in [0.25, 0.3) is 0 Å². The van der Waals surface area contributed by atoms with E-state index in [2.05, 4.69) is 24.0 Å². The Morgan fingerprint density at radius 3 is 2.52 bits per heavy atom. The van der Waals surface area contributed by atoms with Crippen molar-refractivity contribution in [1.29, 1.82) is 0 Å². The maximum atomic E-state index is 11.0. The topological polar surface area (TPSA) is 29.5 Å². The molecule has 0 aliphatic carbocycles. The van der Waals surface area contributed by atoms with Gasteiger partial charge in [-0.1, -0.05) is 19.1 Å². The fraction of sp³-hybridized carbons (Fsp3) is 0.650. The Balaban J connectivity index is 1.56. The molecular formula is C20H31NO2. The first kappa shape index (κ1) is 18.0. The highest BCUT2D eigenvalue weighted by atomic mass is 16.5. The second-order valence-corrected chi connectivity index (χ2v) is 6.93. The predicted molar refractivity (Wildman–Crippen MR) is 95.0 cm³/mol. The van der Waals surface area contributed by atoms with Gasteiger partial charge in [-0.15, -0.1) is 0 Å². The molecule has 0 saturated carbocycles. The van der Waals surface area contributed by atoms with Gasteiger partial charge < -0.3 is 14.4 Å². The summed E-state index contributed by atoms with van der Waals surface area (Å²) in [6.07, 6.45) is 6.47. The van der Waals surface area contributed by atoms with Crippen molar-refractivity contribution < 1.29 is 9.53 Å². The lowest BCUT2D eigenvalue weighted by atomic mass is 9.99. The molecule has 0 amide bonds. The van der Waals surface area contributed by atoms with E-state index in [1.54, 1.807) is 6.92 Å². The van der Waals surface area contributed by atoms with E-state index >= 15 is 0 Å². The van der Waals surface area contributed by atoms with Crippen LogP contribution in [-0.4, -0.2) is 36.9 Å². The number of piperidine rings is 1. The molecule has 23 heavy (non-hydrogen) atoms. The van der Waals surface area contributed by atoms with Crippen molar-refractivity contribution in [2.45, 2.75) is 52.4 Å². The van der Waals surface area contributed by atoms with Crippen LogP contribution in [0.5, 0.6) is 5.75 Å². The van der Waals surface area contributed by atoms with Crippen molar-refractivity contribution in [2.75, 3.05) is 26.2 Å². The Labute approximate surface area is 141 Å². The molecule has 1 aliphatic heterocycles. The summed E-state index contributed by atoms with van der Waals surface area (Å²) in [5.41, 5.74) is 1.20. The van der Waals surface area contributed by atoms with Crippen LogP contribution < -0.4 is 4.74 Å². The Bertz CT molecular complexity index is 461. The van der Waals surface area contributed by atoms with Crippen molar-refractivity contribution in [3.05, 3.63) is 29.8 Å². The van der Waals surface area contributed by atoms with Crippen LogP contribution in [0.15, 0.2) is 24.3 Å². The molecule has 1 aliphatic rings. The molecule has 2 rings (SSSR count). The van der Waals surface area contributed by atoms with Crippen molar-refractivity contribution in [3.8, 4) is 5.75 Å². The average Bonchev–Trinajstić information content (AvgIpc) is 2.55. The number of carbonyl (C=O) groups excluding carboxylic acids is 1. The summed E-state index contributed by atoms with van der Waals surface area (Å²) >= 11 is 0. The minimum absolute atomic E-state index is 0.244. The normalized spacial score (nSPS) is 16.4. The zero-order chi connectivity index (χ0) is 16.5. The molecule has 0 spiro atoms. The van der Waals surface area contributed by atoms with E-state index in [0.29, 0.717) is 6.42 Å². The molecule has 1 aromatic carbocycles. The first-order chi connectivity index (χ1) is 11.1. The number of hydrogen-bond acceptors (Lipinski definition) is 3. The van der Waals surface area contributed by atoms with Gasteiger partial charge in [0.25, 0.3) is 0 Å². The largest absolute Gasteiger partial charge is 0.494 e. The lowest BCUT2D eigenvalue weighted by Gasteiger charge is -2.30. The van der Waals surface area contributed by atoms with Crippen LogP contribution >= 0.6 is 0 Å². The molecule has 128 valence electrons. The molecule has 0 aromatic heterocycles. The summed E-state index contributed by atoms with van der Waals surface area (Å²) in [4.78, 5) is 13.6. The van der Waals surface area contributed by atoms with Gasteiger partial charge in [-0.3, -0.25) is 0 Å². The number of likely N-dealkylation sites (tertiary alicyclic amines) is 1. The van der Waals surface area contributed by atoms with E-state index in [-0.39, 0.29) is 5.78 Å². The van der Waals surface area contributed by atoms with Crippen LogP contribution in [0, 0.1) is 5.92 Å². The summed E-state index contributed by atoms with van der Waals surface area (Å²) in [6, 6.07) is 8.16. The smallest absolute Gasteiger partial charge is 0.130 e. The van der Waals surface area contributed by atoms with Crippen LogP contribution in [0.2, 0.25) is 0 Å². The van der Waals surface area contributed by atoms with Crippen molar-refractivity contribution in [2.24, 2.45) is 5.92 Å². The Morgan fingerprint density at radius 1 is 1.17 bits per heavy atom. The maximum Gasteiger partial charge on any atom is 0.130 e. The van der Waals surface area contributed by atoms with E-state index in [1.165, 1.54) is 44.5 Å². The quantitative estimate of drug-likeness (QED) is 0.642. The maximum absolute atomic E-state index is 11.0. The fourth-order valence-electron chi connectivity index (χ4n) is 2.99. The fourth-order valence-corrected chi connectivity index (χ4v) is 2.99. The number of nitrogens with zero attached hydrogens (tertiary/aromatic N) is 1. The number of ether oxygens (including phenoxy) is 1. The summed E-state index contributed by atoms with van der Waals surface area (Å²) in [6.45, 7) is 8.53. The second kappa shape index (κ2) is 9.71. The third-order valence-electron chi connectivity index (χ3n) is 4.70. The molecule has 0 unspecified atom stereocenters. The van der Waals surface area contributed by atoms with Gasteiger partial charge in [0.1, 0.15) is 11.5 Å². The summed E-state index contributed by atoms with van der Waals surface area (Å²) in [5.74, 6) is 2.09. The molecule has 0 bridgehead atoms. The molecule has 0 atom stereocenters. The number of benzene rings is 1. The summed E-state index contributed by atoms with van der Waals surface area (Å²) in [7, 11) is 0. The third-order valence-corrected chi connectivity index (χ3v) is 4.70. The highest BCUT2D eigenvalue weighted by Crippen LogP contribution is 2.17. The van der Waals surface area contributed by atoms with Crippen LogP contribution in [0.1, 0.15) is 51.5 Å². The number of carbonyl (C=O) groups is 1. The highest BCUT2D eigenvalue weighted by Gasteiger charge is 2.14. The van der Waals surface area contributed by atoms with E-state index in [4.69, 9.17) is 4.74 Å². The van der Waals surface area contributed by atoms with E-state index < -0.39 is 0 Å². The minimum Gasteiger partial charge on any atom is -0.494 e. The van der Waals surface area contributed by atoms with Gasteiger partial charge in [0, 0.05) is 6.42 Å². The average molecular weight is 317 g/mol. The van der Waals surface area contributed by atoms with Crippen molar-refractivity contribution in [1.82, 2.24) is 4.90 Å². The molecule has 0 radical (unpaired) electrons. The molecule has 3 heteroatoms. The second-order valence-electron chi connectivity index (χ2n) is 6.93. The lowest BCUT2D eigenvalue weighted by Crippen LogP contribution is -2.33. The number of hydrogen-bond donors (Lipinski definition) is 0. The van der Waals surface area contributed by atoms with Gasteiger partial charge >= 0.3 is 0 Å². The Morgan fingerprint density at radius 2 is 1.87 bits per heavy atom. The molecule has 1 heterocycles. The number of unbranched alkanes of at least 4 members (excludes halogenated alkanes) is 1. The van der Waals surface area contributed by atoms with Gasteiger partial charge in [0.15, 0.2) is 0 Å². The van der Waals surface area contributed by atoms with Crippen LogP contribution in [0.3, 0.4) is 0 Å². The standard InChI is InChI=1S/C20H31NO2/c1-17-11-14-21(15-12-17)13-3-4-16-23-20-9-7-19(8-10-20)6-5-18(2)22/h7-10,17H,3-6,11-16H2,1-2H3. The molecule has 1 fully saturated rings. The predicted octanol–water partition coefficient (Wildman–Crippen LogP) is 4.10. The molecular weight excluding hydrogens is 286 g/mol. The zero-order valence-electron chi connectivity index (χ0n) is 14.7. The number of aryl methyl sites for hydroxylation is 1. The first-order valence-electron chi connectivity index (χ1n) is 9.07. The summed E-state index contributed by atoms with van der Waals surface area (Å²) in [5, 5.41) is 0. The highest BCUT2D eigenvalue weighted by molar-refractivity contribution is 5.75. The lowest BCUT2D eigenvalue weighted by molar-refractivity contribution is -0.116. The molecule has 0 N–H and O–H groups in total. The van der Waals surface area contributed by atoms with Crippen molar-refractivity contribution in [3.63, 3.8) is 0 Å². The monoisotopic (exact) mass is 317 g/mol. The van der Waals surface area contributed by atoms with Gasteiger partial charge in [-0.05, 0) is 82.3 Å². The van der Waals surface area contributed by atoms with Crippen molar-refractivity contribution >= 4 is 5.78 Å². The van der Waals surface area contributed by atoms with Gasteiger partial charge in [-0.25, -0.2) is 0 Å². The number of Topliss-reactive ketones (excluding diaryl/α,β-unsaturated/α-hetero) is 1. The Kier molecular flexibility index (Phi) is 7.60. The minimum atomic E-state index is 0.244. The Hall–Kier alpha value is -1.35. The van der Waals surface area contributed by atoms with E-state index in [0.717, 1.165) is 31.1 Å². The number of ketones is 1. The SMILES string of the molecule is CC(=O)CCc1ccc(OCCCCN2CCC(C)CC2)cc1. The first-order valence-corrected chi connectivity index (χ1v) is 9.07. The van der Waals surface area contributed by atoms with E-state index in [9.17, 15) is 4.79 Å². The van der Waals surface area contributed by atoms with Gasteiger partial charge in [0.2, 0.25) is 0 Å². The van der Waals surface area contributed by atoms with Gasteiger partial charge in [-0.2, -0.15) is 0 Å². The zero-order valence-corrected chi connectivity index (χ0v) is 14.7. The van der Waals surface area contributed by atoms with Crippen LogP contribution in [0.4, 0.5) is 0 Å². The molecule has 3 nitrogen and oxygen atoms in total. The molecule has 1 aromatic rings. The van der Waals surface area contributed by atoms with E-state index in [1.807, 2.05) is 12.1 Å². The third kappa shape index (κ3) is 7.17. The molecule has 1 saturated heterocycles. The number of rotatable bonds is 9. The van der Waals surface area contributed by atoms with Gasteiger partial charge in [0.05, 0.1) is 6.61 Å². The van der Waals surface area contributed by atoms with Crippen LogP contribution in [-0.2, 0) is 11.2 Å². The summed E-state index contributed by atoms with van der Waals surface area (Å²) < 4.78 is 5.81.